The van der Waals surface area contributed by atoms with Crippen LogP contribution in [0.3, 0.4) is 0 Å². The van der Waals surface area contributed by atoms with Gasteiger partial charge in [0.05, 0.1) is 0 Å². The van der Waals surface area contributed by atoms with Crippen LogP contribution in [0.2, 0.25) is 0 Å². The van der Waals surface area contributed by atoms with E-state index in [-0.39, 0.29) is 0 Å². The Balaban J connectivity index is 2.32. The minimum absolute atomic E-state index is 0.722. The van der Waals surface area contributed by atoms with Crippen LogP contribution in [-0.4, -0.2) is 9.65 Å². The fourth-order valence-corrected chi connectivity index (χ4v) is 2.39. The van der Waals surface area contributed by atoms with Crippen LogP contribution in [0.15, 0.2) is 0 Å². The molecule has 1 saturated carbocycles. The Morgan fingerprint density at radius 1 is 0.778 bits per heavy atom. The van der Waals surface area contributed by atoms with Gasteiger partial charge in [-0.15, -0.1) is 0 Å². The van der Waals surface area contributed by atoms with Crippen molar-refractivity contribution in [2.75, 3.05) is 0 Å². The average Bonchev–Trinajstić information content (AvgIpc) is 1.99. The summed E-state index contributed by atoms with van der Waals surface area (Å²) >= 11 is 7.31. The molecule has 0 aromatic heterocycles. The van der Waals surface area contributed by atoms with Crippen molar-refractivity contribution in [1.82, 2.24) is 0 Å². The molecule has 2 atom stereocenters. The molecule has 1 fully saturated rings. The highest BCUT2D eigenvalue weighted by Crippen LogP contribution is 2.28. The Labute approximate surface area is 73.7 Å². The van der Waals surface area contributed by atoms with Crippen LogP contribution in [0.5, 0.6) is 0 Å². The molecule has 0 radical (unpaired) electrons. The van der Waals surface area contributed by atoms with Crippen LogP contribution in [0.4, 0.5) is 0 Å². The summed E-state index contributed by atoms with van der Waals surface area (Å²) in [4.78, 5) is 1.44. The molecular formula is C7H12Br2. The minimum atomic E-state index is 0.722. The monoisotopic (exact) mass is 254 g/mol. The van der Waals surface area contributed by atoms with E-state index in [1.54, 1.807) is 0 Å². The van der Waals surface area contributed by atoms with E-state index in [1.165, 1.54) is 32.1 Å². The first-order valence-corrected chi connectivity index (χ1v) is 5.42. The quantitative estimate of drug-likeness (QED) is 0.459. The maximum atomic E-state index is 3.66. The Hall–Kier alpha value is 0.960. The molecule has 0 nitrogen and oxygen atoms in total. The van der Waals surface area contributed by atoms with Crippen LogP contribution < -0.4 is 0 Å². The van der Waals surface area contributed by atoms with Crippen molar-refractivity contribution in [3.8, 4) is 0 Å². The number of alkyl halides is 2. The van der Waals surface area contributed by atoms with E-state index in [0.29, 0.717) is 0 Å². The SMILES string of the molecule is BrC1CCCCCC1Br. The lowest BCUT2D eigenvalue weighted by atomic mass is 10.2. The van der Waals surface area contributed by atoms with Gasteiger partial charge in [0, 0.05) is 9.65 Å². The van der Waals surface area contributed by atoms with E-state index in [2.05, 4.69) is 31.9 Å². The van der Waals surface area contributed by atoms with Gasteiger partial charge in [-0.05, 0) is 12.8 Å². The maximum absolute atomic E-state index is 3.66. The molecule has 0 aromatic carbocycles. The highest BCUT2D eigenvalue weighted by atomic mass is 79.9. The lowest BCUT2D eigenvalue weighted by molar-refractivity contribution is 0.705. The Morgan fingerprint density at radius 2 is 1.22 bits per heavy atom. The summed E-state index contributed by atoms with van der Waals surface area (Å²) in [5.41, 5.74) is 0. The molecule has 0 N–H and O–H groups in total. The first-order valence-electron chi connectivity index (χ1n) is 3.59. The van der Waals surface area contributed by atoms with Gasteiger partial charge >= 0.3 is 0 Å². The normalized spacial score (nSPS) is 38.0. The summed E-state index contributed by atoms with van der Waals surface area (Å²) in [5.74, 6) is 0. The molecule has 2 unspecified atom stereocenters. The number of halogens is 2. The van der Waals surface area contributed by atoms with Gasteiger partial charge in [0.2, 0.25) is 0 Å². The smallest absolute Gasteiger partial charge is 0.0271 e. The summed E-state index contributed by atoms with van der Waals surface area (Å²) in [6.45, 7) is 0. The van der Waals surface area contributed by atoms with Gasteiger partial charge in [-0.1, -0.05) is 51.1 Å². The van der Waals surface area contributed by atoms with Gasteiger partial charge in [-0.25, -0.2) is 0 Å². The second-order valence-corrected chi connectivity index (χ2v) is 5.02. The predicted molar refractivity (Wildman–Crippen MR) is 48.5 cm³/mol. The lowest BCUT2D eigenvalue weighted by Gasteiger charge is -2.10. The summed E-state index contributed by atoms with van der Waals surface area (Å²) in [6, 6.07) is 0. The topological polar surface area (TPSA) is 0 Å². The van der Waals surface area contributed by atoms with Crippen LogP contribution in [-0.2, 0) is 0 Å². The summed E-state index contributed by atoms with van der Waals surface area (Å²) in [5, 5.41) is 0. The zero-order valence-electron chi connectivity index (χ0n) is 5.45. The predicted octanol–water partition coefficient (Wildman–Crippen LogP) is 3.48. The fraction of sp³-hybridized carbons (Fsp3) is 1.00. The van der Waals surface area contributed by atoms with Crippen molar-refractivity contribution in [3.05, 3.63) is 0 Å². The summed E-state index contributed by atoms with van der Waals surface area (Å²) in [6.07, 6.45) is 6.91. The van der Waals surface area contributed by atoms with Crippen molar-refractivity contribution in [3.63, 3.8) is 0 Å². The molecule has 0 amide bonds. The molecule has 1 rings (SSSR count). The first kappa shape index (κ1) is 8.06. The molecule has 54 valence electrons. The molecule has 0 bridgehead atoms. The number of hydrogen-bond donors (Lipinski definition) is 0. The van der Waals surface area contributed by atoms with Gasteiger partial charge < -0.3 is 0 Å². The van der Waals surface area contributed by atoms with E-state index in [4.69, 9.17) is 0 Å². The van der Waals surface area contributed by atoms with Gasteiger partial charge in [-0.2, -0.15) is 0 Å². The highest BCUT2D eigenvalue weighted by Gasteiger charge is 2.17. The number of rotatable bonds is 0. The zero-order chi connectivity index (χ0) is 6.69. The number of hydrogen-bond acceptors (Lipinski definition) is 0. The molecule has 0 aliphatic heterocycles. The van der Waals surface area contributed by atoms with Crippen molar-refractivity contribution < 1.29 is 0 Å². The van der Waals surface area contributed by atoms with Crippen molar-refractivity contribution >= 4 is 31.9 Å². The Kier molecular flexibility index (Phi) is 3.55. The van der Waals surface area contributed by atoms with Crippen molar-refractivity contribution in [2.45, 2.75) is 41.8 Å². The van der Waals surface area contributed by atoms with Gasteiger partial charge in [-0.3, -0.25) is 0 Å². The van der Waals surface area contributed by atoms with Crippen LogP contribution in [0.1, 0.15) is 32.1 Å². The average molecular weight is 256 g/mol. The third-order valence-electron chi connectivity index (χ3n) is 1.85. The van der Waals surface area contributed by atoms with E-state index >= 15 is 0 Å². The molecule has 0 spiro atoms. The first-order chi connectivity index (χ1) is 4.30. The summed E-state index contributed by atoms with van der Waals surface area (Å²) < 4.78 is 0. The van der Waals surface area contributed by atoms with Crippen LogP contribution in [0, 0.1) is 0 Å². The molecule has 0 saturated heterocycles. The lowest BCUT2D eigenvalue weighted by Crippen LogP contribution is -2.10. The molecule has 0 heterocycles. The standard InChI is InChI=1S/C7H12Br2/c8-6-4-2-1-3-5-7(6)9/h6-7H,1-5H2. The molecule has 9 heavy (non-hydrogen) atoms. The van der Waals surface area contributed by atoms with E-state index < -0.39 is 0 Å². The van der Waals surface area contributed by atoms with Gasteiger partial charge in [0.1, 0.15) is 0 Å². The molecule has 1 aliphatic rings. The minimum Gasteiger partial charge on any atom is -0.0879 e. The summed E-state index contributed by atoms with van der Waals surface area (Å²) in [7, 11) is 0. The maximum Gasteiger partial charge on any atom is 0.0271 e. The fourth-order valence-electron chi connectivity index (χ4n) is 1.22. The van der Waals surface area contributed by atoms with Crippen LogP contribution >= 0.6 is 31.9 Å². The molecule has 0 aromatic rings. The Bertz CT molecular complexity index is 73.0. The van der Waals surface area contributed by atoms with E-state index in [1.807, 2.05) is 0 Å². The third-order valence-corrected chi connectivity index (χ3v) is 4.75. The second kappa shape index (κ2) is 3.97. The Morgan fingerprint density at radius 3 is 1.67 bits per heavy atom. The second-order valence-electron chi connectivity index (χ2n) is 2.67. The van der Waals surface area contributed by atoms with Crippen LogP contribution in [0.25, 0.3) is 0 Å². The van der Waals surface area contributed by atoms with Gasteiger partial charge in [0.15, 0.2) is 0 Å². The third kappa shape index (κ3) is 2.58. The highest BCUT2D eigenvalue weighted by molar-refractivity contribution is 9.12. The molecular weight excluding hydrogens is 244 g/mol. The molecule has 1 aliphatic carbocycles. The molecule has 2 heteroatoms. The van der Waals surface area contributed by atoms with Crippen molar-refractivity contribution in [2.24, 2.45) is 0 Å². The van der Waals surface area contributed by atoms with Gasteiger partial charge in [0.25, 0.3) is 0 Å². The largest absolute Gasteiger partial charge is 0.0879 e. The van der Waals surface area contributed by atoms with E-state index in [9.17, 15) is 0 Å². The zero-order valence-corrected chi connectivity index (χ0v) is 8.62. The van der Waals surface area contributed by atoms with Crippen molar-refractivity contribution in [1.29, 1.82) is 0 Å². The van der Waals surface area contributed by atoms with E-state index in [0.717, 1.165) is 9.65 Å².